The van der Waals surface area contributed by atoms with Gasteiger partial charge in [-0.3, -0.25) is 0 Å². The summed E-state index contributed by atoms with van der Waals surface area (Å²) in [6.07, 6.45) is 0. The normalized spacial score (nSPS) is 11.0. The summed E-state index contributed by atoms with van der Waals surface area (Å²) in [4.78, 5) is 0. The van der Waals surface area contributed by atoms with Crippen LogP contribution in [0.5, 0.6) is 5.75 Å². The monoisotopic (exact) mass is 305 g/mol. The van der Waals surface area contributed by atoms with Crippen molar-refractivity contribution in [2.24, 2.45) is 0 Å². The van der Waals surface area contributed by atoms with Crippen molar-refractivity contribution >= 4 is 0 Å². The lowest BCUT2D eigenvalue weighted by Crippen LogP contribution is -2.14. The van der Waals surface area contributed by atoms with Crippen molar-refractivity contribution in [1.29, 1.82) is 0 Å². The summed E-state index contributed by atoms with van der Waals surface area (Å²) in [5.41, 5.74) is 6.17. The molecule has 0 saturated heterocycles. The maximum atomic E-state index is 12.1. The highest BCUT2D eigenvalue weighted by Crippen LogP contribution is 2.16. The minimum Gasteiger partial charge on any atom is -0.435 e. The van der Waals surface area contributed by atoms with E-state index in [0.29, 0.717) is 6.54 Å². The minimum atomic E-state index is -2.78. The van der Waals surface area contributed by atoms with Crippen molar-refractivity contribution in [2.45, 2.75) is 40.5 Å². The van der Waals surface area contributed by atoms with Gasteiger partial charge in [0.2, 0.25) is 0 Å². The first-order valence-electron chi connectivity index (χ1n) is 7.27. The molecular weight excluding hydrogens is 284 g/mol. The number of hydrogen-bond acceptors (Lipinski definition) is 2. The Kier molecular flexibility index (Phi) is 5.50. The van der Waals surface area contributed by atoms with Crippen molar-refractivity contribution in [3.8, 4) is 5.75 Å². The highest BCUT2D eigenvalue weighted by atomic mass is 19.3. The van der Waals surface area contributed by atoms with E-state index in [4.69, 9.17) is 0 Å². The van der Waals surface area contributed by atoms with Gasteiger partial charge in [-0.1, -0.05) is 24.3 Å². The number of aryl methyl sites for hydroxylation is 3. The fraction of sp³-hybridized carbons (Fsp3) is 0.333. The zero-order valence-electron chi connectivity index (χ0n) is 13.1. The van der Waals surface area contributed by atoms with Crippen LogP contribution < -0.4 is 10.1 Å². The summed E-state index contributed by atoms with van der Waals surface area (Å²) < 4.78 is 28.5. The fourth-order valence-corrected chi connectivity index (χ4v) is 2.34. The lowest BCUT2D eigenvalue weighted by Gasteiger charge is -2.11. The Morgan fingerprint density at radius 2 is 1.55 bits per heavy atom. The molecule has 2 aromatic rings. The predicted octanol–water partition coefficient (Wildman–Crippen LogP) is 4.50. The van der Waals surface area contributed by atoms with Gasteiger partial charge in [-0.2, -0.15) is 8.78 Å². The molecule has 0 unspecified atom stereocenters. The maximum absolute atomic E-state index is 12.1. The van der Waals surface area contributed by atoms with Crippen LogP contribution in [0.1, 0.15) is 27.8 Å². The third-order valence-corrected chi connectivity index (χ3v) is 3.75. The van der Waals surface area contributed by atoms with E-state index in [9.17, 15) is 8.78 Å². The molecule has 1 N–H and O–H groups in total. The molecule has 2 rings (SSSR count). The Morgan fingerprint density at radius 1 is 0.909 bits per heavy atom. The van der Waals surface area contributed by atoms with Crippen molar-refractivity contribution in [3.05, 3.63) is 64.2 Å². The van der Waals surface area contributed by atoms with Crippen LogP contribution in [-0.2, 0) is 13.1 Å². The topological polar surface area (TPSA) is 21.3 Å². The zero-order valence-corrected chi connectivity index (χ0v) is 13.1. The van der Waals surface area contributed by atoms with E-state index in [-0.39, 0.29) is 5.75 Å². The Morgan fingerprint density at radius 3 is 2.18 bits per heavy atom. The van der Waals surface area contributed by atoms with Gasteiger partial charge in [0.1, 0.15) is 5.75 Å². The van der Waals surface area contributed by atoms with E-state index in [1.54, 1.807) is 24.3 Å². The number of halogens is 2. The Hall–Kier alpha value is -1.94. The third-order valence-electron chi connectivity index (χ3n) is 3.75. The van der Waals surface area contributed by atoms with Crippen LogP contribution in [0.2, 0.25) is 0 Å². The van der Waals surface area contributed by atoms with Gasteiger partial charge >= 0.3 is 6.61 Å². The predicted molar refractivity (Wildman–Crippen MR) is 84.3 cm³/mol. The van der Waals surface area contributed by atoms with E-state index >= 15 is 0 Å². The SMILES string of the molecule is Cc1cc(C)c(CNCc2ccc(OC(F)F)cc2)cc1C. The van der Waals surface area contributed by atoms with E-state index in [1.165, 1.54) is 22.3 Å². The van der Waals surface area contributed by atoms with E-state index in [2.05, 4.69) is 43.0 Å². The second-order valence-electron chi connectivity index (χ2n) is 5.49. The lowest BCUT2D eigenvalue weighted by atomic mass is 10.0. The van der Waals surface area contributed by atoms with Crippen molar-refractivity contribution in [3.63, 3.8) is 0 Å². The van der Waals surface area contributed by atoms with E-state index in [0.717, 1.165) is 12.1 Å². The number of hydrogen-bond donors (Lipinski definition) is 1. The van der Waals surface area contributed by atoms with Crippen LogP contribution in [0.25, 0.3) is 0 Å². The van der Waals surface area contributed by atoms with Crippen LogP contribution in [0.3, 0.4) is 0 Å². The maximum Gasteiger partial charge on any atom is 0.387 e. The van der Waals surface area contributed by atoms with Crippen LogP contribution in [0.15, 0.2) is 36.4 Å². The Balaban J connectivity index is 1.90. The lowest BCUT2D eigenvalue weighted by molar-refractivity contribution is -0.0498. The first kappa shape index (κ1) is 16.4. The average molecular weight is 305 g/mol. The van der Waals surface area contributed by atoms with Crippen molar-refractivity contribution in [2.75, 3.05) is 0 Å². The molecule has 2 nitrogen and oxygen atoms in total. The largest absolute Gasteiger partial charge is 0.435 e. The van der Waals surface area contributed by atoms with Gasteiger partial charge in [0.05, 0.1) is 0 Å². The van der Waals surface area contributed by atoms with Gasteiger partial charge in [-0.15, -0.1) is 0 Å². The minimum absolute atomic E-state index is 0.184. The molecule has 0 spiro atoms. The molecule has 0 bridgehead atoms. The first-order valence-corrected chi connectivity index (χ1v) is 7.27. The van der Waals surface area contributed by atoms with Crippen molar-refractivity contribution < 1.29 is 13.5 Å². The molecule has 22 heavy (non-hydrogen) atoms. The van der Waals surface area contributed by atoms with Gasteiger partial charge in [-0.25, -0.2) is 0 Å². The summed E-state index contributed by atoms with van der Waals surface area (Å²) in [7, 11) is 0. The molecule has 0 fully saturated rings. The molecule has 0 saturated carbocycles. The molecule has 0 aromatic heterocycles. The molecule has 0 aliphatic heterocycles. The van der Waals surface area contributed by atoms with Crippen LogP contribution in [0, 0.1) is 20.8 Å². The second kappa shape index (κ2) is 7.36. The van der Waals surface area contributed by atoms with Crippen LogP contribution in [-0.4, -0.2) is 6.61 Å². The van der Waals surface area contributed by atoms with Gasteiger partial charge in [0, 0.05) is 13.1 Å². The molecule has 0 heterocycles. The number of alkyl halides is 2. The molecule has 0 amide bonds. The smallest absolute Gasteiger partial charge is 0.387 e. The standard InChI is InChI=1S/C18H21F2NO/c1-12-8-14(3)16(9-13(12)2)11-21-10-15-4-6-17(7-5-15)22-18(19)20/h4-9,18,21H,10-11H2,1-3H3. The van der Waals surface area contributed by atoms with Crippen LogP contribution in [0.4, 0.5) is 8.78 Å². The number of ether oxygens (including phenoxy) is 1. The summed E-state index contributed by atoms with van der Waals surface area (Å²) >= 11 is 0. The first-order chi connectivity index (χ1) is 10.5. The Bertz CT molecular complexity index is 624. The average Bonchev–Trinajstić information content (AvgIpc) is 2.45. The summed E-state index contributed by atoms with van der Waals surface area (Å²) in [5, 5.41) is 3.38. The zero-order chi connectivity index (χ0) is 16.1. The van der Waals surface area contributed by atoms with Crippen LogP contribution >= 0.6 is 0 Å². The summed E-state index contributed by atoms with van der Waals surface area (Å²) in [6.45, 7) is 5.02. The second-order valence-corrected chi connectivity index (χ2v) is 5.49. The number of nitrogens with one attached hydrogen (secondary N) is 1. The fourth-order valence-electron chi connectivity index (χ4n) is 2.34. The van der Waals surface area contributed by atoms with Gasteiger partial charge in [0.25, 0.3) is 0 Å². The molecule has 0 radical (unpaired) electrons. The van der Waals surface area contributed by atoms with Gasteiger partial charge in [0.15, 0.2) is 0 Å². The molecule has 0 aliphatic carbocycles. The molecule has 0 aliphatic rings. The molecule has 118 valence electrons. The quantitative estimate of drug-likeness (QED) is 0.848. The van der Waals surface area contributed by atoms with E-state index < -0.39 is 6.61 Å². The third kappa shape index (κ3) is 4.53. The molecule has 0 atom stereocenters. The number of rotatable bonds is 6. The van der Waals surface area contributed by atoms with Gasteiger partial charge < -0.3 is 10.1 Å². The van der Waals surface area contributed by atoms with Gasteiger partial charge in [-0.05, 0) is 60.7 Å². The highest BCUT2D eigenvalue weighted by molar-refractivity contribution is 5.36. The van der Waals surface area contributed by atoms with Crippen molar-refractivity contribution in [1.82, 2.24) is 5.32 Å². The highest BCUT2D eigenvalue weighted by Gasteiger charge is 2.04. The number of benzene rings is 2. The Labute approximate surface area is 130 Å². The molecular formula is C18H21F2NO. The molecule has 2 aromatic carbocycles. The molecule has 4 heteroatoms. The summed E-state index contributed by atoms with van der Waals surface area (Å²) in [6, 6.07) is 11.1. The summed E-state index contributed by atoms with van der Waals surface area (Å²) in [5.74, 6) is 0.184. The van der Waals surface area contributed by atoms with E-state index in [1.807, 2.05) is 0 Å².